The number of nitrogens with zero attached hydrogens (tertiary/aromatic N) is 1. The molecular formula is C11H7ClFNO2S. The van der Waals surface area contributed by atoms with Gasteiger partial charge in [0.15, 0.2) is 5.82 Å². The highest BCUT2D eigenvalue weighted by atomic mass is 35.7. The lowest BCUT2D eigenvalue weighted by molar-refractivity contribution is 0.578. The zero-order valence-electron chi connectivity index (χ0n) is 8.47. The Morgan fingerprint density at radius 2 is 1.76 bits per heavy atom. The SMILES string of the molecule is O=S(=O)(Cl)c1cccc(-c2ccncc2)c1F. The summed E-state index contributed by atoms with van der Waals surface area (Å²) in [6.07, 6.45) is 2.99. The van der Waals surface area contributed by atoms with Crippen LogP contribution in [0.4, 0.5) is 4.39 Å². The Morgan fingerprint density at radius 3 is 2.35 bits per heavy atom. The minimum atomic E-state index is -4.08. The van der Waals surface area contributed by atoms with Crippen LogP contribution in [-0.2, 0) is 9.05 Å². The van der Waals surface area contributed by atoms with Crippen LogP contribution >= 0.6 is 10.7 Å². The maximum atomic E-state index is 14.0. The van der Waals surface area contributed by atoms with E-state index in [1.807, 2.05) is 0 Å². The molecule has 0 saturated carbocycles. The molecule has 0 amide bonds. The summed E-state index contributed by atoms with van der Waals surface area (Å²) in [5, 5.41) is 0. The molecule has 1 heterocycles. The number of pyridine rings is 1. The normalized spacial score (nSPS) is 11.4. The second-order valence-corrected chi connectivity index (χ2v) is 5.83. The number of halogens is 2. The molecule has 0 radical (unpaired) electrons. The van der Waals surface area contributed by atoms with E-state index in [4.69, 9.17) is 10.7 Å². The van der Waals surface area contributed by atoms with Crippen molar-refractivity contribution in [2.45, 2.75) is 4.90 Å². The fraction of sp³-hybridized carbons (Fsp3) is 0. The number of aromatic nitrogens is 1. The summed E-state index contributed by atoms with van der Waals surface area (Å²) in [6.45, 7) is 0. The van der Waals surface area contributed by atoms with Gasteiger partial charge in [0.05, 0.1) is 0 Å². The predicted octanol–water partition coefficient (Wildman–Crippen LogP) is 2.82. The molecule has 0 N–H and O–H groups in total. The third kappa shape index (κ3) is 2.45. The van der Waals surface area contributed by atoms with Gasteiger partial charge in [-0.25, -0.2) is 12.8 Å². The lowest BCUT2D eigenvalue weighted by Gasteiger charge is -2.05. The van der Waals surface area contributed by atoms with Gasteiger partial charge >= 0.3 is 0 Å². The summed E-state index contributed by atoms with van der Waals surface area (Å²) < 4.78 is 36.3. The molecule has 0 unspecified atom stereocenters. The standard InChI is InChI=1S/C11H7ClFNO2S/c12-17(15,16)10-3-1-2-9(11(10)13)8-4-6-14-7-5-8/h1-7H. The van der Waals surface area contributed by atoms with Crippen LogP contribution in [-0.4, -0.2) is 13.4 Å². The highest BCUT2D eigenvalue weighted by Gasteiger charge is 2.19. The molecule has 6 heteroatoms. The van der Waals surface area contributed by atoms with Crippen molar-refractivity contribution in [2.24, 2.45) is 0 Å². The molecule has 0 spiro atoms. The van der Waals surface area contributed by atoms with Gasteiger partial charge in [0, 0.05) is 28.6 Å². The van der Waals surface area contributed by atoms with Gasteiger partial charge < -0.3 is 0 Å². The molecule has 0 bridgehead atoms. The summed E-state index contributed by atoms with van der Waals surface area (Å²) in [4.78, 5) is 3.29. The monoisotopic (exact) mass is 271 g/mol. The first-order valence-corrected chi connectivity index (χ1v) is 6.94. The smallest absolute Gasteiger partial charge is 0.264 e. The Kier molecular flexibility index (Phi) is 3.13. The maximum absolute atomic E-state index is 14.0. The largest absolute Gasteiger partial charge is 0.265 e. The van der Waals surface area contributed by atoms with Gasteiger partial charge in [0.25, 0.3) is 9.05 Å². The quantitative estimate of drug-likeness (QED) is 0.789. The van der Waals surface area contributed by atoms with E-state index in [9.17, 15) is 12.8 Å². The Bertz CT molecular complexity index is 644. The van der Waals surface area contributed by atoms with Gasteiger partial charge in [-0.05, 0) is 23.8 Å². The van der Waals surface area contributed by atoms with Crippen LogP contribution < -0.4 is 0 Å². The third-order valence-electron chi connectivity index (χ3n) is 2.22. The van der Waals surface area contributed by atoms with Crippen molar-refractivity contribution in [3.05, 3.63) is 48.5 Å². The molecule has 0 fully saturated rings. The summed E-state index contributed by atoms with van der Waals surface area (Å²) in [6, 6.07) is 7.22. The summed E-state index contributed by atoms with van der Waals surface area (Å²) in [7, 11) is 1.06. The highest BCUT2D eigenvalue weighted by molar-refractivity contribution is 8.13. The Hall–Kier alpha value is -1.46. The molecule has 1 aromatic carbocycles. The molecule has 0 aliphatic heterocycles. The Labute approximate surface area is 102 Å². The van der Waals surface area contributed by atoms with Crippen LogP contribution in [0.1, 0.15) is 0 Å². The molecule has 0 aliphatic carbocycles. The molecule has 3 nitrogen and oxygen atoms in total. The molecule has 1 aromatic heterocycles. The van der Waals surface area contributed by atoms with Crippen molar-refractivity contribution in [1.82, 2.24) is 4.98 Å². The van der Waals surface area contributed by atoms with Gasteiger partial charge in [0.1, 0.15) is 4.90 Å². The summed E-state index contributed by atoms with van der Waals surface area (Å²) in [5.74, 6) is -0.853. The van der Waals surface area contributed by atoms with Crippen molar-refractivity contribution in [3.8, 4) is 11.1 Å². The molecular weight excluding hydrogens is 265 g/mol. The second-order valence-electron chi connectivity index (χ2n) is 3.29. The molecule has 88 valence electrons. The van der Waals surface area contributed by atoms with E-state index in [-0.39, 0.29) is 5.56 Å². The minimum absolute atomic E-state index is 0.175. The first-order valence-electron chi connectivity index (χ1n) is 4.64. The van der Waals surface area contributed by atoms with Crippen molar-refractivity contribution in [3.63, 3.8) is 0 Å². The van der Waals surface area contributed by atoms with E-state index in [1.54, 1.807) is 12.1 Å². The average Bonchev–Trinajstić information content (AvgIpc) is 2.29. The fourth-order valence-corrected chi connectivity index (χ4v) is 2.38. The van der Waals surface area contributed by atoms with Crippen molar-refractivity contribution in [1.29, 1.82) is 0 Å². The zero-order chi connectivity index (χ0) is 12.5. The van der Waals surface area contributed by atoms with E-state index < -0.39 is 19.8 Å². The first-order chi connectivity index (χ1) is 8.00. The van der Waals surface area contributed by atoms with Crippen molar-refractivity contribution in [2.75, 3.05) is 0 Å². The fourth-order valence-electron chi connectivity index (χ4n) is 1.45. The van der Waals surface area contributed by atoms with Crippen molar-refractivity contribution < 1.29 is 12.8 Å². The lowest BCUT2D eigenvalue weighted by atomic mass is 10.1. The van der Waals surface area contributed by atoms with Gasteiger partial charge in [0.2, 0.25) is 0 Å². The van der Waals surface area contributed by atoms with Crippen LogP contribution in [0.5, 0.6) is 0 Å². The minimum Gasteiger partial charge on any atom is -0.265 e. The molecule has 0 atom stereocenters. The van der Waals surface area contributed by atoms with E-state index in [0.717, 1.165) is 6.07 Å². The number of rotatable bonds is 2. The average molecular weight is 272 g/mol. The molecule has 17 heavy (non-hydrogen) atoms. The summed E-state index contributed by atoms with van der Waals surface area (Å²) >= 11 is 0. The predicted molar refractivity (Wildman–Crippen MR) is 62.7 cm³/mol. The summed E-state index contributed by atoms with van der Waals surface area (Å²) in [5.41, 5.74) is 0.716. The number of hydrogen-bond donors (Lipinski definition) is 0. The number of hydrogen-bond acceptors (Lipinski definition) is 3. The van der Waals surface area contributed by atoms with E-state index >= 15 is 0 Å². The van der Waals surface area contributed by atoms with Gasteiger partial charge in [-0.3, -0.25) is 4.98 Å². The van der Waals surface area contributed by atoms with Gasteiger partial charge in [-0.1, -0.05) is 12.1 Å². The van der Waals surface area contributed by atoms with Crippen LogP contribution in [0.25, 0.3) is 11.1 Å². The van der Waals surface area contributed by atoms with Gasteiger partial charge in [-0.2, -0.15) is 0 Å². The van der Waals surface area contributed by atoms with Crippen LogP contribution in [0.15, 0.2) is 47.6 Å². The second kappa shape index (κ2) is 4.43. The third-order valence-corrected chi connectivity index (χ3v) is 3.56. The van der Waals surface area contributed by atoms with E-state index in [1.165, 1.54) is 24.5 Å². The van der Waals surface area contributed by atoms with E-state index in [0.29, 0.717) is 5.56 Å². The molecule has 0 aliphatic rings. The molecule has 2 aromatic rings. The topological polar surface area (TPSA) is 47.0 Å². The molecule has 2 rings (SSSR count). The van der Waals surface area contributed by atoms with Gasteiger partial charge in [-0.15, -0.1) is 0 Å². The van der Waals surface area contributed by atoms with Crippen molar-refractivity contribution >= 4 is 19.7 Å². The lowest BCUT2D eigenvalue weighted by Crippen LogP contribution is -1.97. The van der Waals surface area contributed by atoms with E-state index in [2.05, 4.69) is 4.98 Å². The Balaban J connectivity index is 2.67. The zero-order valence-corrected chi connectivity index (χ0v) is 10.0. The first kappa shape index (κ1) is 12.0. The maximum Gasteiger partial charge on any atom is 0.264 e. The molecule has 0 saturated heterocycles. The van der Waals surface area contributed by atoms with Crippen LogP contribution in [0, 0.1) is 5.82 Å². The van der Waals surface area contributed by atoms with Crippen LogP contribution in [0.3, 0.4) is 0 Å². The Morgan fingerprint density at radius 1 is 1.12 bits per heavy atom. The van der Waals surface area contributed by atoms with Crippen LogP contribution in [0.2, 0.25) is 0 Å². The highest BCUT2D eigenvalue weighted by Crippen LogP contribution is 2.28. The number of benzene rings is 1.